The number of benzene rings is 1. The molecule has 0 amide bonds. The third-order valence-corrected chi connectivity index (χ3v) is 4.48. The van der Waals surface area contributed by atoms with E-state index in [2.05, 4.69) is 33.8 Å². The van der Waals surface area contributed by atoms with Crippen molar-refractivity contribution in [2.24, 2.45) is 5.73 Å². The number of nitrogens with zero attached hydrogens (tertiary/aromatic N) is 1. The van der Waals surface area contributed by atoms with Gasteiger partial charge >= 0.3 is 0 Å². The minimum atomic E-state index is 0.294. The van der Waals surface area contributed by atoms with Gasteiger partial charge in [0.2, 0.25) is 0 Å². The second-order valence-corrected chi connectivity index (χ2v) is 5.72. The van der Waals surface area contributed by atoms with Crippen LogP contribution in [-0.2, 0) is 0 Å². The Labute approximate surface area is 117 Å². The normalized spacial score (nSPS) is 22.1. The summed E-state index contributed by atoms with van der Waals surface area (Å²) in [5.41, 5.74) is 7.25. The van der Waals surface area contributed by atoms with Crippen molar-refractivity contribution in [2.75, 3.05) is 20.2 Å². The lowest BCUT2D eigenvalue weighted by molar-refractivity contribution is 0.195. The second-order valence-electron chi connectivity index (χ2n) is 4.87. The summed E-state index contributed by atoms with van der Waals surface area (Å²) in [6, 6.07) is 7.04. The van der Waals surface area contributed by atoms with Gasteiger partial charge in [0.25, 0.3) is 0 Å². The molecule has 2 rings (SSSR count). The minimum absolute atomic E-state index is 0.294. The van der Waals surface area contributed by atoms with E-state index in [1.165, 1.54) is 18.4 Å². The van der Waals surface area contributed by atoms with Crippen molar-refractivity contribution < 1.29 is 4.74 Å². The van der Waals surface area contributed by atoms with E-state index in [0.29, 0.717) is 18.6 Å². The molecular formula is C14H21BrN2O. The van der Waals surface area contributed by atoms with Gasteiger partial charge in [-0.2, -0.15) is 0 Å². The van der Waals surface area contributed by atoms with E-state index in [1.807, 2.05) is 12.1 Å². The van der Waals surface area contributed by atoms with E-state index >= 15 is 0 Å². The second kappa shape index (κ2) is 6.04. The van der Waals surface area contributed by atoms with Gasteiger partial charge in [-0.1, -0.05) is 22.0 Å². The number of halogens is 1. The van der Waals surface area contributed by atoms with Crippen LogP contribution < -0.4 is 10.5 Å². The van der Waals surface area contributed by atoms with Gasteiger partial charge in [-0.15, -0.1) is 0 Å². The van der Waals surface area contributed by atoms with Crippen LogP contribution in [-0.4, -0.2) is 31.1 Å². The number of likely N-dealkylation sites (tertiary alicyclic amines) is 1. The summed E-state index contributed by atoms with van der Waals surface area (Å²) in [5, 5.41) is 0. The Balaban J connectivity index is 2.27. The first-order chi connectivity index (χ1) is 8.67. The summed E-state index contributed by atoms with van der Waals surface area (Å²) in [6.45, 7) is 4.07. The van der Waals surface area contributed by atoms with Crippen LogP contribution >= 0.6 is 15.9 Å². The summed E-state index contributed by atoms with van der Waals surface area (Å²) in [5.74, 6) is 0.871. The Kier molecular flexibility index (Phi) is 4.65. The smallest absolute Gasteiger partial charge is 0.120 e. The van der Waals surface area contributed by atoms with Crippen molar-refractivity contribution in [1.82, 2.24) is 4.90 Å². The fourth-order valence-electron chi connectivity index (χ4n) is 2.76. The van der Waals surface area contributed by atoms with Gasteiger partial charge in [0.1, 0.15) is 5.75 Å². The molecule has 4 heteroatoms. The number of rotatable bonds is 4. The largest absolute Gasteiger partial charge is 0.497 e. The molecule has 2 N–H and O–H groups in total. The average molecular weight is 313 g/mol. The van der Waals surface area contributed by atoms with Crippen LogP contribution in [0.5, 0.6) is 5.75 Å². The zero-order chi connectivity index (χ0) is 13.1. The van der Waals surface area contributed by atoms with Gasteiger partial charge in [0.05, 0.1) is 7.11 Å². The van der Waals surface area contributed by atoms with Crippen LogP contribution in [0.25, 0.3) is 0 Å². The van der Waals surface area contributed by atoms with Crippen LogP contribution in [0.1, 0.15) is 31.4 Å². The van der Waals surface area contributed by atoms with Gasteiger partial charge in [0.15, 0.2) is 0 Å². The minimum Gasteiger partial charge on any atom is -0.497 e. The topological polar surface area (TPSA) is 38.5 Å². The summed E-state index contributed by atoms with van der Waals surface area (Å²) in [7, 11) is 1.68. The van der Waals surface area contributed by atoms with Gasteiger partial charge in [-0.05, 0) is 44.0 Å². The zero-order valence-corrected chi connectivity index (χ0v) is 12.6. The molecule has 0 aliphatic carbocycles. The summed E-state index contributed by atoms with van der Waals surface area (Å²) in [4.78, 5) is 2.51. The molecule has 1 saturated heterocycles. The monoisotopic (exact) mass is 312 g/mol. The highest BCUT2D eigenvalue weighted by Crippen LogP contribution is 2.34. The number of methoxy groups -OCH3 is 1. The maximum atomic E-state index is 5.99. The molecule has 1 aliphatic heterocycles. The number of ether oxygens (including phenoxy) is 1. The first-order valence-electron chi connectivity index (χ1n) is 6.46. The molecule has 0 spiro atoms. The quantitative estimate of drug-likeness (QED) is 0.929. The lowest BCUT2D eigenvalue weighted by Gasteiger charge is -2.31. The molecule has 100 valence electrons. The summed E-state index contributed by atoms with van der Waals surface area (Å²) < 4.78 is 6.32. The molecule has 0 bridgehead atoms. The maximum Gasteiger partial charge on any atom is 0.120 e. The Morgan fingerprint density at radius 3 is 2.83 bits per heavy atom. The number of nitrogens with two attached hydrogens (primary N) is 1. The SMILES string of the molecule is COc1ccc(C(CN)N2CCCC2C)c(Br)c1. The van der Waals surface area contributed by atoms with Crippen LogP contribution in [0.15, 0.2) is 22.7 Å². The molecule has 0 aromatic heterocycles. The standard InChI is InChI=1S/C14H21BrN2O/c1-10-4-3-7-17(10)14(9-16)12-6-5-11(18-2)8-13(12)15/h5-6,8,10,14H,3-4,7,9,16H2,1-2H3. The molecule has 1 aromatic rings. The van der Waals surface area contributed by atoms with E-state index in [0.717, 1.165) is 16.8 Å². The van der Waals surface area contributed by atoms with Crippen molar-refractivity contribution in [3.8, 4) is 5.75 Å². The van der Waals surface area contributed by atoms with Crippen molar-refractivity contribution in [3.63, 3.8) is 0 Å². The first-order valence-corrected chi connectivity index (χ1v) is 7.26. The molecule has 1 aromatic carbocycles. The van der Waals surface area contributed by atoms with E-state index < -0.39 is 0 Å². The highest BCUT2D eigenvalue weighted by atomic mass is 79.9. The van der Waals surface area contributed by atoms with E-state index in [4.69, 9.17) is 10.5 Å². The fraction of sp³-hybridized carbons (Fsp3) is 0.571. The molecule has 18 heavy (non-hydrogen) atoms. The Hall–Kier alpha value is -0.580. The van der Waals surface area contributed by atoms with Crippen LogP contribution in [0.4, 0.5) is 0 Å². The molecule has 0 radical (unpaired) electrons. The Bertz CT molecular complexity index is 411. The van der Waals surface area contributed by atoms with E-state index in [-0.39, 0.29) is 0 Å². The van der Waals surface area contributed by atoms with Crippen molar-refractivity contribution >= 4 is 15.9 Å². The fourth-order valence-corrected chi connectivity index (χ4v) is 3.39. The Morgan fingerprint density at radius 2 is 2.33 bits per heavy atom. The van der Waals surface area contributed by atoms with Gasteiger partial charge < -0.3 is 10.5 Å². The molecular weight excluding hydrogens is 292 g/mol. The predicted octanol–water partition coefficient (Wildman–Crippen LogP) is 2.94. The van der Waals surface area contributed by atoms with Crippen molar-refractivity contribution in [1.29, 1.82) is 0 Å². The molecule has 3 nitrogen and oxygen atoms in total. The van der Waals surface area contributed by atoms with Gasteiger partial charge in [0, 0.05) is 23.1 Å². The lowest BCUT2D eigenvalue weighted by atomic mass is 10.0. The third kappa shape index (κ3) is 2.71. The number of hydrogen-bond donors (Lipinski definition) is 1. The van der Waals surface area contributed by atoms with Crippen LogP contribution in [0, 0.1) is 0 Å². The third-order valence-electron chi connectivity index (χ3n) is 3.79. The van der Waals surface area contributed by atoms with Gasteiger partial charge in [-0.25, -0.2) is 0 Å². The maximum absolute atomic E-state index is 5.99. The van der Waals surface area contributed by atoms with Crippen molar-refractivity contribution in [3.05, 3.63) is 28.2 Å². The van der Waals surface area contributed by atoms with E-state index in [1.54, 1.807) is 7.11 Å². The zero-order valence-electron chi connectivity index (χ0n) is 11.0. The van der Waals surface area contributed by atoms with Gasteiger partial charge in [-0.3, -0.25) is 4.90 Å². The molecule has 1 heterocycles. The van der Waals surface area contributed by atoms with Crippen LogP contribution in [0.3, 0.4) is 0 Å². The average Bonchev–Trinajstić information content (AvgIpc) is 2.78. The molecule has 0 saturated carbocycles. The number of hydrogen-bond acceptors (Lipinski definition) is 3. The highest BCUT2D eigenvalue weighted by Gasteiger charge is 2.28. The molecule has 1 aliphatic rings. The summed E-state index contributed by atoms with van der Waals surface area (Å²) >= 11 is 3.63. The van der Waals surface area contributed by atoms with Crippen LogP contribution in [0.2, 0.25) is 0 Å². The molecule has 2 atom stereocenters. The van der Waals surface area contributed by atoms with E-state index in [9.17, 15) is 0 Å². The lowest BCUT2D eigenvalue weighted by Crippen LogP contribution is -2.36. The molecule has 1 fully saturated rings. The van der Waals surface area contributed by atoms with Crippen molar-refractivity contribution in [2.45, 2.75) is 31.8 Å². The highest BCUT2D eigenvalue weighted by molar-refractivity contribution is 9.10. The Morgan fingerprint density at radius 1 is 1.56 bits per heavy atom. The predicted molar refractivity (Wildman–Crippen MR) is 77.9 cm³/mol. The first kappa shape index (κ1) is 13.8. The molecule has 2 unspecified atom stereocenters. The summed E-state index contributed by atoms with van der Waals surface area (Å²) in [6.07, 6.45) is 2.54.